The molecule has 0 saturated heterocycles. The van der Waals surface area contributed by atoms with Crippen LogP contribution in [0.1, 0.15) is 21.7 Å². The lowest BCUT2D eigenvalue weighted by Crippen LogP contribution is -2.11. The topological polar surface area (TPSA) is 69.3 Å². The molecule has 0 aliphatic carbocycles. The second-order valence-electron chi connectivity index (χ2n) is 5.13. The molecular formula is C17H17N3O3. The number of aryl methyl sites for hydroxylation is 1. The van der Waals surface area contributed by atoms with Gasteiger partial charge in [-0.15, -0.1) is 0 Å². The number of benzene rings is 1. The molecule has 6 nitrogen and oxygen atoms in total. The van der Waals surface area contributed by atoms with Gasteiger partial charge in [-0.1, -0.05) is 12.1 Å². The van der Waals surface area contributed by atoms with Crippen molar-refractivity contribution in [2.24, 2.45) is 7.05 Å². The van der Waals surface area contributed by atoms with Crippen molar-refractivity contribution in [2.45, 2.75) is 13.2 Å². The number of nitrogens with one attached hydrogen (secondary N) is 1. The molecule has 0 atom stereocenters. The highest BCUT2D eigenvalue weighted by atomic mass is 16.5. The molecule has 0 bridgehead atoms. The van der Waals surface area contributed by atoms with Crippen LogP contribution in [0.25, 0.3) is 0 Å². The highest BCUT2D eigenvalue weighted by Crippen LogP contribution is 2.14. The molecule has 3 rings (SSSR count). The number of hydrogen-bond acceptors (Lipinski definition) is 4. The Bertz CT molecular complexity index is 778. The van der Waals surface area contributed by atoms with Crippen molar-refractivity contribution in [1.29, 1.82) is 0 Å². The van der Waals surface area contributed by atoms with Gasteiger partial charge in [0.1, 0.15) is 12.4 Å². The first kappa shape index (κ1) is 15.1. The van der Waals surface area contributed by atoms with Crippen LogP contribution in [0.4, 0.5) is 5.69 Å². The monoisotopic (exact) mass is 311 g/mol. The molecule has 118 valence electrons. The van der Waals surface area contributed by atoms with E-state index in [0.29, 0.717) is 18.8 Å². The third-order valence-corrected chi connectivity index (χ3v) is 3.25. The molecular weight excluding hydrogens is 294 g/mol. The van der Waals surface area contributed by atoms with Crippen LogP contribution in [0.15, 0.2) is 59.5 Å². The number of anilines is 1. The van der Waals surface area contributed by atoms with E-state index in [4.69, 9.17) is 9.15 Å². The highest BCUT2D eigenvalue weighted by molar-refractivity contribution is 6.03. The van der Waals surface area contributed by atoms with Gasteiger partial charge in [0, 0.05) is 18.9 Å². The number of hydrogen-bond donors (Lipinski definition) is 1. The van der Waals surface area contributed by atoms with Crippen LogP contribution in [0.2, 0.25) is 0 Å². The van der Waals surface area contributed by atoms with Gasteiger partial charge in [-0.2, -0.15) is 5.10 Å². The van der Waals surface area contributed by atoms with Crippen LogP contribution in [0, 0.1) is 0 Å². The average molecular weight is 311 g/mol. The first-order valence-electron chi connectivity index (χ1n) is 7.20. The van der Waals surface area contributed by atoms with Gasteiger partial charge in [-0.25, -0.2) is 0 Å². The molecule has 1 aromatic carbocycles. The number of ether oxygens (including phenoxy) is 1. The Hall–Kier alpha value is -2.86. The van der Waals surface area contributed by atoms with Gasteiger partial charge in [0.15, 0.2) is 0 Å². The number of carbonyl (C=O) groups excluding carboxylic acids is 1. The normalized spacial score (nSPS) is 10.7. The zero-order valence-corrected chi connectivity index (χ0v) is 12.7. The Kier molecular flexibility index (Phi) is 4.54. The minimum atomic E-state index is -0.188. The van der Waals surface area contributed by atoms with Gasteiger partial charge >= 0.3 is 0 Å². The van der Waals surface area contributed by atoms with E-state index in [2.05, 4.69) is 10.4 Å². The minimum Gasteiger partial charge on any atom is -0.467 e. The number of amides is 1. The highest BCUT2D eigenvalue weighted by Gasteiger charge is 2.08. The lowest BCUT2D eigenvalue weighted by Gasteiger charge is -2.07. The maximum Gasteiger partial charge on any atom is 0.258 e. The van der Waals surface area contributed by atoms with E-state index < -0.39 is 0 Å². The molecule has 0 aliphatic rings. The van der Waals surface area contributed by atoms with Crippen LogP contribution in [0.3, 0.4) is 0 Å². The molecule has 0 saturated carbocycles. The van der Waals surface area contributed by atoms with Crippen molar-refractivity contribution in [1.82, 2.24) is 9.78 Å². The molecule has 1 amide bonds. The van der Waals surface area contributed by atoms with Crippen molar-refractivity contribution in [3.63, 3.8) is 0 Å². The van der Waals surface area contributed by atoms with E-state index in [1.54, 1.807) is 24.2 Å². The van der Waals surface area contributed by atoms with Crippen molar-refractivity contribution in [3.05, 3.63) is 71.9 Å². The molecule has 0 radical (unpaired) electrons. The molecule has 0 unspecified atom stereocenters. The van der Waals surface area contributed by atoms with E-state index >= 15 is 0 Å². The number of furan rings is 1. The fourth-order valence-corrected chi connectivity index (χ4v) is 2.14. The molecule has 2 aromatic heterocycles. The third kappa shape index (κ3) is 4.08. The molecule has 0 spiro atoms. The van der Waals surface area contributed by atoms with Gasteiger partial charge in [-0.05, 0) is 29.8 Å². The van der Waals surface area contributed by atoms with Gasteiger partial charge in [-0.3, -0.25) is 9.48 Å². The largest absolute Gasteiger partial charge is 0.467 e. The van der Waals surface area contributed by atoms with E-state index in [1.807, 2.05) is 36.4 Å². The van der Waals surface area contributed by atoms with Crippen LogP contribution < -0.4 is 5.32 Å². The number of nitrogens with zero attached hydrogens (tertiary/aromatic N) is 2. The van der Waals surface area contributed by atoms with Gasteiger partial charge in [0.05, 0.1) is 24.6 Å². The molecule has 1 N–H and O–H groups in total. The summed E-state index contributed by atoms with van der Waals surface area (Å²) < 4.78 is 12.4. The first-order chi connectivity index (χ1) is 11.2. The average Bonchev–Trinajstić information content (AvgIpc) is 3.19. The predicted octanol–water partition coefficient (Wildman–Crippen LogP) is 2.98. The second kappa shape index (κ2) is 6.93. The zero-order chi connectivity index (χ0) is 16.1. The van der Waals surface area contributed by atoms with Crippen molar-refractivity contribution in [2.75, 3.05) is 5.32 Å². The van der Waals surface area contributed by atoms with Crippen LogP contribution in [0.5, 0.6) is 0 Å². The zero-order valence-electron chi connectivity index (χ0n) is 12.7. The van der Waals surface area contributed by atoms with Crippen molar-refractivity contribution in [3.8, 4) is 0 Å². The number of rotatable bonds is 6. The molecule has 2 heterocycles. The van der Waals surface area contributed by atoms with E-state index in [9.17, 15) is 4.79 Å². The maximum absolute atomic E-state index is 12.1. The van der Waals surface area contributed by atoms with E-state index in [1.165, 1.54) is 6.20 Å². The van der Waals surface area contributed by atoms with Crippen molar-refractivity contribution < 1.29 is 13.9 Å². The van der Waals surface area contributed by atoms with Crippen LogP contribution >= 0.6 is 0 Å². The molecule has 0 aliphatic heterocycles. The quantitative estimate of drug-likeness (QED) is 0.760. The standard InChI is InChI=1S/C17H17N3O3/c1-20-10-14(9-18-20)17(21)19-15-5-2-4-13(8-15)11-22-12-16-6-3-7-23-16/h2-10H,11-12H2,1H3,(H,19,21). The van der Waals surface area contributed by atoms with Gasteiger partial charge in [0.25, 0.3) is 5.91 Å². The van der Waals surface area contributed by atoms with Gasteiger partial charge < -0.3 is 14.5 Å². The Labute approximate surface area is 133 Å². The first-order valence-corrected chi connectivity index (χ1v) is 7.20. The molecule has 3 aromatic rings. The summed E-state index contributed by atoms with van der Waals surface area (Å²) in [5.74, 6) is 0.595. The molecule has 23 heavy (non-hydrogen) atoms. The number of carbonyl (C=O) groups is 1. The predicted molar refractivity (Wildman–Crippen MR) is 84.8 cm³/mol. The third-order valence-electron chi connectivity index (χ3n) is 3.25. The van der Waals surface area contributed by atoms with Crippen LogP contribution in [-0.4, -0.2) is 15.7 Å². The minimum absolute atomic E-state index is 0.188. The summed E-state index contributed by atoms with van der Waals surface area (Å²) in [4.78, 5) is 12.1. The smallest absolute Gasteiger partial charge is 0.258 e. The fraction of sp³-hybridized carbons (Fsp3) is 0.176. The number of aromatic nitrogens is 2. The van der Waals surface area contributed by atoms with E-state index in [-0.39, 0.29) is 5.91 Å². The molecule has 6 heteroatoms. The SMILES string of the molecule is Cn1cc(C(=O)Nc2cccc(COCc3ccco3)c2)cn1. The Balaban J connectivity index is 1.57. The van der Waals surface area contributed by atoms with E-state index in [0.717, 1.165) is 17.0 Å². The summed E-state index contributed by atoms with van der Waals surface area (Å²) >= 11 is 0. The molecule has 0 fully saturated rings. The Morgan fingerprint density at radius 2 is 2.22 bits per heavy atom. The van der Waals surface area contributed by atoms with Crippen molar-refractivity contribution >= 4 is 11.6 Å². The Morgan fingerprint density at radius 1 is 1.30 bits per heavy atom. The summed E-state index contributed by atoms with van der Waals surface area (Å²) in [6, 6.07) is 11.2. The summed E-state index contributed by atoms with van der Waals surface area (Å²) in [6.45, 7) is 0.858. The summed E-state index contributed by atoms with van der Waals surface area (Å²) in [5.41, 5.74) is 2.21. The summed E-state index contributed by atoms with van der Waals surface area (Å²) in [5, 5.41) is 6.84. The Morgan fingerprint density at radius 3 is 2.96 bits per heavy atom. The summed E-state index contributed by atoms with van der Waals surface area (Å²) in [6.07, 6.45) is 4.82. The summed E-state index contributed by atoms with van der Waals surface area (Å²) in [7, 11) is 1.77. The lowest BCUT2D eigenvalue weighted by molar-refractivity contribution is 0.0929. The van der Waals surface area contributed by atoms with Crippen LogP contribution in [-0.2, 0) is 25.0 Å². The second-order valence-corrected chi connectivity index (χ2v) is 5.13. The fourth-order valence-electron chi connectivity index (χ4n) is 2.14. The maximum atomic E-state index is 12.1. The lowest BCUT2D eigenvalue weighted by atomic mass is 10.2. The van der Waals surface area contributed by atoms with Gasteiger partial charge in [0.2, 0.25) is 0 Å².